The highest BCUT2D eigenvalue weighted by atomic mass is 32.1. The molecule has 0 unspecified atom stereocenters. The van der Waals surface area contributed by atoms with E-state index < -0.39 is 11.7 Å². The van der Waals surface area contributed by atoms with Gasteiger partial charge in [-0.15, -0.1) is 0 Å². The van der Waals surface area contributed by atoms with E-state index in [1.807, 2.05) is 30.3 Å². The van der Waals surface area contributed by atoms with Gasteiger partial charge in [0.05, 0.1) is 0 Å². The van der Waals surface area contributed by atoms with Crippen molar-refractivity contribution in [3.05, 3.63) is 41.7 Å². The lowest BCUT2D eigenvalue weighted by atomic mass is 10.2. The molecule has 0 bridgehead atoms. The van der Waals surface area contributed by atoms with E-state index >= 15 is 0 Å². The number of carbonyl (C=O) groups is 2. The number of hydrogen-bond donors (Lipinski definition) is 2. The first-order chi connectivity index (χ1) is 10.2. The molecule has 108 valence electrons. The maximum absolute atomic E-state index is 11.1. The Morgan fingerprint density at radius 1 is 1.43 bits per heavy atom. The summed E-state index contributed by atoms with van der Waals surface area (Å²) >= 11 is 0.847. The molecule has 0 atom stereocenters. The van der Waals surface area contributed by atoms with Crippen LogP contribution in [-0.4, -0.2) is 32.6 Å². The third-order valence-corrected chi connectivity index (χ3v) is 2.90. The van der Waals surface area contributed by atoms with E-state index in [1.54, 1.807) is 0 Å². The number of hydrogen-bond acceptors (Lipinski definition) is 7. The largest absolute Gasteiger partial charge is 0.476 e. The SMILES string of the molecule is O=CNc1nc(C(=NOCc2ccccc2)C(=O)O)ns1. The standard InChI is InChI=1S/C12H10N4O4S/c17-7-13-12-14-10(16-21-12)9(11(18)19)15-20-6-8-4-2-1-3-5-8/h1-5,7H,6H2,(H,18,19)(H,13,14,16,17). The van der Waals surface area contributed by atoms with Gasteiger partial charge in [0.15, 0.2) is 0 Å². The highest BCUT2D eigenvalue weighted by Crippen LogP contribution is 2.11. The first-order valence-corrected chi connectivity index (χ1v) is 6.49. The lowest BCUT2D eigenvalue weighted by molar-refractivity contribution is -0.129. The van der Waals surface area contributed by atoms with Crippen molar-refractivity contribution in [2.24, 2.45) is 5.16 Å². The Labute approximate surface area is 123 Å². The summed E-state index contributed by atoms with van der Waals surface area (Å²) in [6, 6.07) is 9.17. The Kier molecular flexibility index (Phi) is 4.94. The van der Waals surface area contributed by atoms with Gasteiger partial charge in [-0.1, -0.05) is 35.5 Å². The monoisotopic (exact) mass is 306 g/mol. The Bertz CT molecular complexity index is 656. The van der Waals surface area contributed by atoms with E-state index in [1.165, 1.54) is 0 Å². The molecule has 1 aromatic heterocycles. The fraction of sp³-hybridized carbons (Fsp3) is 0.0833. The molecule has 0 fully saturated rings. The zero-order valence-electron chi connectivity index (χ0n) is 10.6. The van der Waals surface area contributed by atoms with Crippen molar-refractivity contribution >= 4 is 34.8 Å². The second-order valence-electron chi connectivity index (χ2n) is 3.69. The minimum atomic E-state index is -1.32. The summed E-state index contributed by atoms with van der Waals surface area (Å²) in [4.78, 5) is 30.2. The molecule has 9 heteroatoms. The molecule has 2 aromatic rings. The lowest BCUT2D eigenvalue weighted by Gasteiger charge is -2.00. The molecule has 0 radical (unpaired) electrons. The number of carboxylic acids is 1. The predicted octanol–water partition coefficient (Wildman–Crippen LogP) is 1.11. The number of carbonyl (C=O) groups excluding carboxylic acids is 1. The van der Waals surface area contributed by atoms with E-state index in [2.05, 4.69) is 19.8 Å². The zero-order chi connectivity index (χ0) is 15.1. The lowest BCUT2D eigenvalue weighted by Crippen LogP contribution is -2.16. The summed E-state index contributed by atoms with van der Waals surface area (Å²) in [5, 5.41) is 15.1. The summed E-state index contributed by atoms with van der Waals surface area (Å²) < 4.78 is 3.80. The molecule has 1 amide bonds. The van der Waals surface area contributed by atoms with Crippen LogP contribution in [0.5, 0.6) is 0 Å². The Morgan fingerprint density at radius 3 is 2.86 bits per heavy atom. The van der Waals surface area contributed by atoms with Crippen LogP contribution in [0, 0.1) is 0 Å². The minimum Gasteiger partial charge on any atom is -0.476 e. The molecule has 1 aromatic carbocycles. The van der Waals surface area contributed by atoms with Gasteiger partial charge in [-0.3, -0.25) is 4.79 Å². The van der Waals surface area contributed by atoms with Crippen LogP contribution in [0.3, 0.4) is 0 Å². The molecule has 0 saturated carbocycles. The number of aliphatic carboxylic acids is 1. The molecule has 2 rings (SSSR count). The van der Waals surface area contributed by atoms with Crippen molar-refractivity contribution in [1.29, 1.82) is 0 Å². The normalized spacial score (nSPS) is 11.0. The van der Waals surface area contributed by atoms with Gasteiger partial charge in [-0.2, -0.15) is 9.36 Å². The quantitative estimate of drug-likeness (QED) is 0.450. The summed E-state index contributed by atoms with van der Waals surface area (Å²) in [6.07, 6.45) is 0.424. The van der Waals surface area contributed by atoms with Crippen LogP contribution in [0.1, 0.15) is 11.4 Å². The van der Waals surface area contributed by atoms with Gasteiger partial charge in [-0.05, 0) is 5.56 Å². The van der Waals surface area contributed by atoms with Crippen LogP contribution in [0.2, 0.25) is 0 Å². The molecule has 0 spiro atoms. The highest BCUT2D eigenvalue weighted by molar-refractivity contribution is 7.10. The second kappa shape index (κ2) is 7.10. The van der Waals surface area contributed by atoms with Crippen molar-refractivity contribution in [3.8, 4) is 0 Å². The number of oxime groups is 1. The molecular weight excluding hydrogens is 296 g/mol. The van der Waals surface area contributed by atoms with E-state index in [0.29, 0.717) is 6.41 Å². The molecule has 8 nitrogen and oxygen atoms in total. The Morgan fingerprint density at radius 2 is 2.19 bits per heavy atom. The number of amides is 1. The number of aromatic nitrogens is 2. The van der Waals surface area contributed by atoms with E-state index in [-0.39, 0.29) is 17.6 Å². The summed E-state index contributed by atoms with van der Waals surface area (Å²) in [5.74, 6) is -1.44. The smallest absolute Gasteiger partial charge is 0.362 e. The summed E-state index contributed by atoms with van der Waals surface area (Å²) in [7, 11) is 0. The molecule has 0 aliphatic carbocycles. The number of nitrogens with zero attached hydrogens (tertiary/aromatic N) is 3. The van der Waals surface area contributed by atoms with E-state index in [0.717, 1.165) is 17.1 Å². The Hall–Kier alpha value is -2.81. The number of rotatable bonds is 7. The molecule has 2 N–H and O–H groups in total. The Balaban J connectivity index is 2.08. The van der Waals surface area contributed by atoms with Gasteiger partial charge in [0.25, 0.3) is 0 Å². The van der Waals surface area contributed by atoms with Crippen LogP contribution in [0.15, 0.2) is 35.5 Å². The van der Waals surface area contributed by atoms with E-state index in [4.69, 9.17) is 9.94 Å². The topological polar surface area (TPSA) is 114 Å². The molecule has 1 heterocycles. The van der Waals surface area contributed by atoms with Crippen molar-refractivity contribution in [1.82, 2.24) is 9.36 Å². The van der Waals surface area contributed by atoms with Crippen molar-refractivity contribution in [2.45, 2.75) is 6.61 Å². The predicted molar refractivity (Wildman–Crippen MR) is 75.0 cm³/mol. The molecule has 0 saturated heterocycles. The van der Waals surface area contributed by atoms with Gasteiger partial charge in [-0.25, -0.2) is 4.79 Å². The van der Waals surface area contributed by atoms with Crippen LogP contribution >= 0.6 is 11.5 Å². The van der Waals surface area contributed by atoms with Gasteiger partial charge in [0, 0.05) is 11.5 Å². The average Bonchev–Trinajstić information content (AvgIpc) is 2.93. The number of carboxylic acid groups (broad SMARTS) is 1. The van der Waals surface area contributed by atoms with Crippen molar-refractivity contribution in [3.63, 3.8) is 0 Å². The molecular formula is C12H10N4O4S. The third kappa shape index (κ3) is 4.08. The first kappa shape index (κ1) is 14.6. The number of nitrogens with one attached hydrogen (secondary N) is 1. The van der Waals surface area contributed by atoms with Gasteiger partial charge in [0.2, 0.25) is 23.1 Å². The van der Waals surface area contributed by atoms with Crippen LogP contribution in [-0.2, 0) is 21.0 Å². The number of anilines is 1. The van der Waals surface area contributed by atoms with Gasteiger partial charge in [0.1, 0.15) is 6.61 Å². The molecule has 21 heavy (non-hydrogen) atoms. The number of benzene rings is 1. The van der Waals surface area contributed by atoms with Crippen molar-refractivity contribution < 1.29 is 19.5 Å². The second-order valence-corrected chi connectivity index (χ2v) is 4.44. The van der Waals surface area contributed by atoms with Crippen LogP contribution in [0.4, 0.5) is 5.13 Å². The van der Waals surface area contributed by atoms with Crippen LogP contribution < -0.4 is 5.32 Å². The molecule has 0 aliphatic heterocycles. The minimum absolute atomic E-state index is 0.120. The van der Waals surface area contributed by atoms with Gasteiger partial charge >= 0.3 is 5.97 Å². The fourth-order valence-corrected chi connectivity index (χ4v) is 1.88. The fourth-order valence-electron chi connectivity index (χ4n) is 1.35. The maximum Gasteiger partial charge on any atom is 0.362 e. The van der Waals surface area contributed by atoms with E-state index in [9.17, 15) is 9.59 Å². The summed E-state index contributed by atoms with van der Waals surface area (Å²) in [5.41, 5.74) is 0.418. The third-order valence-electron chi connectivity index (χ3n) is 2.25. The van der Waals surface area contributed by atoms with Gasteiger partial charge < -0.3 is 15.3 Å². The van der Waals surface area contributed by atoms with Crippen LogP contribution in [0.25, 0.3) is 0 Å². The zero-order valence-corrected chi connectivity index (χ0v) is 11.4. The van der Waals surface area contributed by atoms with Crippen molar-refractivity contribution in [2.75, 3.05) is 5.32 Å². The average molecular weight is 306 g/mol. The summed E-state index contributed by atoms with van der Waals surface area (Å²) in [6.45, 7) is 0.126. The molecule has 0 aliphatic rings. The highest BCUT2D eigenvalue weighted by Gasteiger charge is 2.19. The first-order valence-electron chi connectivity index (χ1n) is 5.72. The maximum atomic E-state index is 11.1.